The zero-order valence-electron chi connectivity index (χ0n) is 9.98. The zero-order chi connectivity index (χ0) is 13.8. The highest BCUT2D eigenvalue weighted by Gasteiger charge is 2.15. The SMILES string of the molecule is COC(=O)c1ccoc1COc1cc(Cl)cc(Cl)c1. The third-order valence-electron chi connectivity index (χ3n) is 2.36. The first-order valence-electron chi connectivity index (χ1n) is 5.33. The predicted octanol–water partition coefficient (Wildman–Crippen LogP) is 3.95. The number of esters is 1. The van der Waals surface area contributed by atoms with Gasteiger partial charge in [-0.3, -0.25) is 0 Å². The molecule has 0 spiro atoms. The van der Waals surface area contributed by atoms with Gasteiger partial charge in [0.2, 0.25) is 0 Å². The molecule has 0 aliphatic carbocycles. The lowest BCUT2D eigenvalue weighted by Gasteiger charge is -2.06. The average Bonchev–Trinajstić information content (AvgIpc) is 2.82. The van der Waals surface area contributed by atoms with Gasteiger partial charge in [0.25, 0.3) is 0 Å². The van der Waals surface area contributed by atoms with Crippen LogP contribution in [0.5, 0.6) is 5.75 Å². The van der Waals surface area contributed by atoms with Crippen molar-refractivity contribution in [2.75, 3.05) is 7.11 Å². The van der Waals surface area contributed by atoms with Gasteiger partial charge < -0.3 is 13.9 Å². The fourth-order valence-corrected chi connectivity index (χ4v) is 2.01. The van der Waals surface area contributed by atoms with Gasteiger partial charge in [-0.2, -0.15) is 0 Å². The first-order chi connectivity index (χ1) is 9.10. The van der Waals surface area contributed by atoms with Gasteiger partial charge in [-0.05, 0) is 24.3 Å². The number of methoxy groups -OCH3 is 1. The van der Waals surface area contributed by atoms with Crippen molar-refractivity contribution in [1.82, 2.24) is 0 Å². The molecule has 0 bridgehead atoms. The molecule has 19 heavy (non-hydrogen) atoms. The Hall–Kier alpha value is -1.65. The maximum absolute atomic E-state index is 11.4. The summed E-state index contributed by atoms with van der Waals surface area (Å²) in [6.45, 7) is 0.0775. The Morgan fingerprint density at radius 2 is 1.95 bits per heavy atom. The second-order valence-electron chi connectivity index (χ2n) is 3.64. The van der Waals surface area contributed by atoms with Crippen molar-refractivity contribution in [3.05, 3.63) is 51.9 Å². The van der Waals surface area contributed by atoms with Crippen LogP contribution in [0.4, 0.5) is 0 Å². The fraction of sp³-hybridized carbons (Fsp3) is 0.154. The van der Waals surface area contributed by atoms with Gasteiger partial charge in [-0.1, -0.05) is 23.2 Å². The van der Waals surface area contributed by atoms with Crippen molar-refractivity contribution in [2.45, 2.75) is 6.61 Å². The molecule has 1 aromatic heterocycles. The van der Waals surface area contributed by atoms with Crippen LogP contribution in [0, 0.1) is 0 Å². The summed E-state index contributed by atoms with van der Waals surface area (Å²) in [4.78, 5) is 11.4. The van der Waals surface area contributed by atoms with E-state index in [1.165, 1.54) is 19.4 Å². The van der Waals surface area contributed by atoms with Crippen LogP contribution in [0.2, 0.25) is 10.0 Å². The Labute approximate surface area is 119 Å². The number of halogens is 2. The van der Waals surface area contributed by atoms with Gasteiger partial charge in [0.15, 0.2) is 5.76 Å². The first kappa shape index (κ1) is 13.8. The smallest absolute Gasteiger partial charge is 0.341 e. The molecule has 0 atom stereocenters. The Balaban J connectivity index is 2.10. The van der Waals surface area contributed by atoms with Crippen molar-refractivity contribution in [3.63, 3.8) is 0 Å². The van der Waals surface area contributed by atoms with E-state index in [2.05, 4.69) is 4.74 Å². The third kappa shape index (κ3) is 3.43. The summed E-state index contributed by atoms with van der Waals surface area (Å²) < 4.78 is 15.3. The third-order valence-corrected chi connectivity index (χ3v) is 2.79. The largest absolute Gasteiger partial charge is 0.486 e. The molecule has 2 rings (SSSR count). The topological polar surface area (TPSA) is 48.7 Å². The summed E-state index contributed by atoms with van der Waals surface area (Å²) in [6, 6.07) is 6.36. The second kappa shape index (κ2) is 5.99. The summed E-state index contributed by atoms with van der Waals surface area (Å²) in [5, 5.41) is 0.935. The van der Waals surface area contributed by atoms with E-state index in [0.717, 1.165) is 0 Å². The van der Waals surface area contributed by atoms with Crippen LogP contribution in [0.25, 0.3) is 0 Å². The van der Waals surface area contributed by atoms with Crippen LogP contribution >= 0.6 is 23.2 Å². The van der Waals surface area contributed by atoms with Gasteiger partial charge in [0, 0.05) is 10.0 Å². The van der Waals surface area contributed by atoms with Gasteiger partial charge in [0.05, 0.1) is 13.4 Å². The lowest BCUT2D eigenvalue weighted by molar-refractivity contribution is 0.0595. The molecule has 0 saturated carbocycles. The van der Waals surface area contributed by atoms with Crippen molar-refractivity contribution >= 4 is 29.2 Å². The van der Waals surface area contributed by atoms with Crippen molar-refractivity contribution in [1.29, 1.82) is 0 Å². The number of hydrogen-bond donors (Lipinski definition) is 0. The fourth-order valence-electron chi connectivity index (χ4n) is 1.50. The van der Waals surface area contributed by atoms with Crippen LogP contribution in [0.15, 0.2) is 34.9 Å². The van der Waals surface area contributed by atoms with Gasteiger partial charge in [0.1, 0.15) is 17.9 Å². The van der Waals surface area contributed by atoms with E-state index in [1.807, 2.05) is 0 Å². The van der Waals surface area contributed by atoms with E-state index >= 15 is 0 Å². The molecule has 6 heteroatoms. The van der Waals surface area contributed by atoms with E-state index < -0.39 is 5.97 Å². The van der Waals surface area contributed by atoms with Crippen molar-refractivity contribution < 1.29 is 18.7 Å². The minimum atomic E-state index is -0.475. The summed E-state index contributed by atoms with van der Waals surface area (Å²) in [6.07, 6.45) is 1.40. The summed E-state index contributed by atoms with van der Waals surface area (Å²) in [5.41, 5.74) is 0.329. The van der Waals surface area contributed by atoms with Crippen LogP contribution in [0.1, 0.15) is 16.1 Å². The predicted molar refractivity (Wildman–Crippen MR) is 70.8 cm³/mol. The molecule has 2 aromatic rings. The standard InChI is InChI=1S/C13H10Cl2O4/c1-17-13(16)11-2-3-18-12(11)7-19-10-5-8(14)4-9(15)6-10/h2-6H,7H2,1H3. The Morgan fingerprint density at radius 3 is 2.58 bits per heavy atom. The molecule has 1 aromatic carbocycles. The molecule has 0 unspecified atom stereocenters. The summed E-state index contributed by atoms with van der Waals surface area (Å²) in [7, 11) is 1.30. The van der Waals surface area contributed by atoms with E-state index in [0.29, 0.717) is 27.1 Å². The van der Waals surface area contributed by atoms with E-state index in [-0.39, 0.29) is 6.61 Å². The highest BCUT2D eigenvalue weighted by Crippen LogP contribution is 2.25. The number of hydrogen-bond acceptors (Lipinski definition) is 4. The molecule has 0 fully saturated rings. The molecule has 0 N–H and O–H groups in total. The molecule has 0 aliphatic heterocycles. The number of carbonyl (C=O) groups is 1. The van der Waals surface area contributed by atoms with Crippen molar-refractivity contribution in [2.24, 2.45) is 0 Å². The van der Waals surface area contributed by atoms with Crippen LogP contribution in [-0.4, -0.2) is 13.1 Å². The van der Waals surface area contributed by atoms with Crippen LogP contribution in [-0.2, 0) is 11.3 Å². The molecule has 4 nitrogen and oxygen atoms in total. The monoisotopic (exact) mass is 300 g/mol. The van der Waals surface area contributed by atoms with Crippen LogP contribution < -0.4 is 4.74 Å². The quantitative estimate of drug-likeness (QED) is 0.802. The lowest BCUT2D eigenvalue weighted by Crippen LogP contribution is -2.05. The Kier molecular flexibility index (Phi) is 4.35. The number of rotatable bonds is 4. The van der Waals surface area contributed by atoms with E-state index in [9.17, 15) is 4.79 Å². The summed E-state index contributed by atoms with van der Waals surface area (Å²) >= 11 is 11.7. The second-order valence-corrected chi connectivity index (χ2v) is 4.52. The van der Waals surface area contributed by atoms with Gasteiger partial charge in [-0.15, -0.1) is 0 Å². The zero-order valence-corrected chi connectivity index (χ0v) is 11.5. The Bertz CT molecular complexity index is 572. The maximum atomic E-state index is 11.4. The van der Waals surface area contributed by atoms with Crippen LogP contribution in [0.3, 0.4) is 0 Å². The van der Waals surface area contributed by atoms with Gasteiger partial charge in [-0.25, -0.2) is 4.79 Å². The van der Waals surface area contributed by atoms with Gasteiger partial charge >= 0.3 is 5.97 Å². The first-order valence-corrected chi connectivity index (χ1v) is 6.09. The maximum Gasteiger partial charge on any atom is 0.341 e. The Morgan fingerprint density at radius 1 is 1.26 bits per heavy atom. The number of furan rings is 1. The van der Waals surface area contributed by atoms with E-state index in [4.69, 9.17) is 32.4 Å². The normalized spacial score (nSPS) is 10.3. The number of carbonyl (C=O) groups excluding carboxylic acids is 1. The summed E-state index contributed by atoms with van der Waals surface area (Å²) in [5.74, 6) is 0.393. The molecular formula is C13H10Cl2O4. The molecule has 0 aliphatic rings. The molecule has 1 heterocycles. The number of ether oxygens (including phenoxy) is 2. The molecule has 100 valence electrons. The molecule has 0 saturated heterocycles. The van der Waals surface area contributed by atoms with Crippen molar-refractivity contribution in [3.8, 4) is 5.75 Å². The highest BCUT2D eigenvalue weighted by molar-refractivity contribution is 6.34. The molecule has 0 amide bonds. The minimum absolute atomic E-state index is 0.0775. The lowest BCUT2D eigenvalue weighted by atomic mass is 10.2. The van der Waals surface area contributed by atoms with E-state index in [1.54, 1.807) is 18.2 Å². The average molecular weight is 301 g/mol. The molecular weight excluding hydrogens is 291 g/mol. The molecule has 0 radical (unpaired) electrons. The highest BCUT2D eigenvalue weighted by atomic mass is 35.5. The number of benzene rings is 1. The minimum Gasteiger partial charge on any atom is -0.486 e.